The van der Waals surface area contributed by atoms with Crippen LogP contribution in [0.2, 0.25) is 0 Å². The smallest absolute Gasteiger partial charge is 0.230 e. The molecule has 20 heavy (non-hydrogen) atoms. The van der Waals surface area contributed by atoms with Crippen molar-refractivity contribution in [3.8, 4) is 5.75 Å². The van der Waals surface area contributed by atoms with Gasteiger partial charge in [0, 0.05) is 35.9 Å². The van der Waals surface area contributed by atoms with Crippen LogP contribution in [0.3, 0.4) is 0 Å². The average molecular weight is 290 g/mol. The summed E-state index contributed by atoms with van der Waals surface area (Å²) < 4.78 is 0. The molecule has 0 fully saturated rings. The topological polar surface area (TPSA) is 61.1 Å². The van der Waals surface area contributed by atoms with Gasteiger partial charge in [-0.1, -0.05) is 11.3 Å². The molecule has 1 aromatic heterocycles. The maximum atomic E-state index is 10.0. The fourth-order valence-corrected chi connectivity index (χ4v) is 2.45. The van der Waals surface area contributed by atoms with Gasteiger partial charge in [-0.3, -0.25) is 0 Å². The Bertz CT molecular complexity index is 605. The van der Waals surface area contributed by atoms with E-state index in [1.165, 1.54) is 11.3 Å². The molecule has 2 rings (SSSR count). The highest BCUT2D eigenvalue weighted by Gasteiger charge is 2.06. The number of benzene rings is 1. The summed E-state index contributed by atoms with van der Waals surface area (Å²) in [6, 6.07) is 5.43. The van der Waals surface area contributed by atoms with Crippen LogP contribution >= 0.6 is 11.3 Å². The van der Waals surface area contributed by atoms with E-state index in [4.69, 9.17) is 0 Å². The molecular weight excluding hydrogens is 272 g/mol. The minimum Gasteiger partial charge on any atom is -0.506 e. The Morgan fingerprint density at radius 3 is 2.55 bits per heavy atom. The number of hydrogen-bond donors (Lipinski definition) is 1. The second kappa shape index (κ2) is 6.47. The van der Waals surface area contributed by atoms with Gasteiger partial charge in [0.2, 0.25) is 5.13 Å². The van der Waals surface area contributed by atoms with Crippen molar-refractivity contribution >= 4 is 27.8 Å². The summed E-state index contributed by atoms with van der Waals surface area (Å²) in [5.41, 5.74) is 1.44. The van der Waals surface area contributed by atoms with Crippen molar-refractivity contribution in [3.05, 3.63) is 29.3 Å². The quantitative estimate of drug-likeness (QED) is 0.829. The van der Waals surface area contributed by atoms with E-state index in [2.05, 4.69) is 34.0 Å². The molecule has 0 atom stereocenters. The van der Waals surface area contributed by atoms with Crippen LogP contribution in [0.5, 0.6) is 5.75 Å². The van der Waals surface area contributed by atoms with Gasteiger partial charge in [0.05, 0.1) is 0 Å². The van der Waals surface area contributed by atoms with E-state index in [1.807, 2.05) is 13.0 Å². The average Bonchev–Trinajstić information content (AvgIpc) is 2.85. The molecule has 2 aromatic rings. The van der Waals surface area contributed by atoms with Crippen LogP contribution in [-0.2, 0) is 0 Å². The first-order valence-electron chi connectivity index (χ1n) is 6.56. The zero-order chi connectivity index (χ0) is 14.5. The molecule has 5 nitrogen and oxygen atoms in total. The zero-order valence-corrected chi connectivity index (χ0v) is 12.7. The van der Waals surface area contributed by atoms with Crippen LogP contribution in [0.15, 0.2) is 34.6 Å². The number of phenolic OH excluding ortho intramolecular Hbond substituents is 1. The molecule has 1 aromatic carbocycles. The lowest BCUT2D eigenvalue weighted by Crippen LogP contribution is -2.21. The van der Waals surface area contributed by atoms with Crippen LogP contribution in [-0.4, -0.2) is 23.2 Å². The summed E-state index contributed by atoms with van der Waals surface area (Å²) in [6.07, 6.45) is 1.75. The van der Waals surface area contributed by atoms with Crippen LogP contribution in [0.4, 0.5) is 16.5 Å². The number of aryl methyl sites for hydroxylation is 1. The molecule has 0 spiro atoms. The van der Waals surface area contributed by atoms with Crippen LogP contribution in [0.25, 0.3) is 0 Å². The maximum absolute atomic E-state index is 10.0. The third-order valence-corrected chi connectivity index (χ3v) is 3.74. The first-order chi connectivity index (χ1) is 9.63. The Morgan fingerprint density at radius 2 is 2.00 bits per heavy atom. The summed E-state index contributed by atoms with van der Waals surface area (Å²) in [5.74, 6) is 0.131. The lowest BCUT2D eigenvalue weighted by atomic mass is 10.2. The van der Waals surface area contributed by atoms with E-state index in [9.17, 15) is 5.11 Å². The van der Waals surface area contributed by atoms with Gasteiger partial charge in [-0.2, -0.15) is 0 Å². The first-order valence-corrected chi connectivity index (χ1v) is 7.37. The second-order valence-electron chi connectivity index (χ2n) is 4.30. The van der Waals surface area contributed by atoms with E-state index in [0.29, 0.717) is 10.8 Å². The number of thiazole rings is 1. The lowest BCUT2D eigenvalue weighted by molar-refractivity contribution is 0.476. The predicted octanol–water partition coefficient (Wildman–Crippen LogP) is 4.42. The number of hydrogen-bond acceptors (Lipinski definition) is 6. The Balaban J connectivity index is 2.19. The van der Waals surface area contributed by atoms with Gasteiger partial charge < -0.3 is 10.0 Å². The van der Waals surface area contributed by atoms with Gasteiger partial charge in [0.1, 0.15) is 11.4 Å². The van der Waals surface area contributed by atoms with Gasteiger partial charge in [0.25, 0.3) is 0 Å². The molecule has 1 heterocycles. The standard InChI is InChI=1S/C14H18N4OS/c1-4-18(5-2)11-6-7-12(13(19)8-11)16-17-14-15-9-10(3)20-14/h6-9,19H,4-5H2,1-3H3. The van der Waals surface area contributed by atoms with Crippen molar-refractivity contribution in [1.29, 1.82) is 0 Å². The van der Waals surface area contributed by atoms with E-state index in [1.54, 1.807) is 18.3 Å². The van der Waals surface area contributed by atoms with E-state index in [-0.39, 0.29) is 5.75 Å². The number of azo groups is 1. The molecular formula is C14H18N4OS. The summed E-state index contributed by atoms with van der Waals surface area (Å²) in [6.45, 7) is 7.93. The molecule has 0 aliphatic carbocycles. The lowest BCUT2D eigenvalue weighted by Gasteiger charge is -2.21. The van der Waals surface area contributed by atoms with E-state index >= 15 is 0 Å². The number of anilines is 1. The van der Waals surface area contributed by atoms with Crippen molar-refractivity contribution in [3.63, 3.8) is 0 Å². The molecule has 0 radical (unpaired) electrons. The molecule has 0 unspecified atom stereocenters. The van der Waals surface area contributed by atoms with Gasteiger partial charge in [-0.25, -0.2) is 4.98 Å². The highest BCUT2D eigenvalue weighted by Crippen LogP contribution is 2.32. The predicted molar refractivity (Wildman–Crippen MR) is 82.7 cm³/mol. The van der Waals surface area contributed by atoms with Crippen molar-refractivity contribution in [1.82, 2.24) is 4.98 Å². The number of aromatic nitrogens is 1. The molecule has 0 amide bonds. The van der Waals surface area contributed by atoms with Crippen molar-refractivity contribution < 1.29 is 5.11 Å². The molecule has 106 valence electrons. The van der Waals surface area contributed by atoms with Crippen LogP contribution in [0, 0.1) is 6.92 Å². The second-order valence-corrected chi connectivity index (χ2v) is 5.51. The van der Waals surface area contributed by atoms with Crippen molar-refractivity contribution in [2.75, 3.05) is 18.0 Å². The molecule has 0 bridgehead atoms. The van der Waals surface area contributed by atoms with Crippen molar-refractivity contribution in [2.24, 2.45) is 10.2 Å². The highest BCUT2D eigenvalue weighted by molar-refractivity contribution is 7.15. The fraction of sp³-hybridized carbons (Fsp3) is 0.357. The van der Waals surface area contributed by atoms with E-state index < -0.39 is 0 Å². The summed E-state index contributed by atoms with van der Waals surface area (Å²) in [4.78, 5) is 7.34. The minimum atomic E-state index is 0.131. The Hall–Kier alpha value is -1.95. The Labute approximate surface area is 122 Å². The number of phenols is 1. The van der Waals surface area contributed by atoms with Gasteiger partial charge >= 0.3 is 0 Å². The van der Waals surface area contributed by atoms with E-state index in [0.717, 1.165) is 23.7 Å². The largest absolute Gasteiger partial charge is 0.506 e. The molecule has 6 heteroatoms. The third-order valence-electron chi connectivity index (χ3n) is 2.94. The van der Waals surface area contributed by atoms with Crippen LogP contribution < -0.4 is 4.90 Å². The fourth-order valence-electron chi connectivity index (χ4n) is 1.87. The SMILES string of the molecule is CCN(CC)c1ccc(N=Nc2ncc(C)s2)c(O)c1. The van der Waals surface area contributed by atoms with Gasteiger partial charge in [0.15, 0.2) is 0 Å². The van der Waals surface area contributed by atoms with Crippen LogP contribution in [0.1, 0.15) is 18.7 Å². The Morgan fingerprint density at radius 1 is 1.25 bits per heavy atom. The number of aromatic hydroxyl groups is 1. The van der Waals surface area contributed by atoms with Gasteiger partial charge in [-0.15, -0.1) is 10.2 Å². The first kappa shape index (κ1) is 14.5. The molecule has 0 aliphatic rings. The summed E-state index contributed by atoms with van der Waals surface area (Å²) in [7, 11) is 0. The molecule has 0 saturated heterocycles. The molecule has 1 N–H and O–H groups in total. The molecule has 0 aliphatic heterocycles. The normalized spacial score (nSPS) is 11.2. The van der Waals surface area contributed by atoms with Crippen molar-refractivity contribution in [2.45, 2.75) is 20.8 Å². The highest BCUT2D eigenvalue weighted by atomic mass is 32.1. The molecule has 0 saturated carbocycles. The number of nitrogens with zero attached hydrogens (tertiary/aromatic N) is 4. The monoisotopic (exact) mass is 290 g/mol. The van der Waals surface area contributed by atoms with Gasteiger partial charge in [-0.05, 0) is 32.9 Å². The summed E-state index contributed by atoms with van der Waals surface area (Å²) >= 11 is 1.47. The maximum Gasteiger partial charge on any atom is 0.230 e. The third kappa shape index (κ3) is 3.33. The summed E-state index contributed by atoms with van der Waals surface area (Å²) in [5, 5.41) is 18.7. The zero-order valence-electron chi connectivity index (χ0n) is 11.9. The number of rotatable bonds is 5. The minimum absolute atomic E-state index is 0.131. The Kier molecular flexibility index (Phi) is 4.68.